The lowest BCUT2D eigenvalue weighted by Gasteiger charge is -2.14. The average molecular weight is 472 g/mol. The van der Waals surface area contributed by atoms with Crippen molar-refractivity contribution in [3.8, 4) is 28.8 Å². The monoisotopic (exact) mass is 471 g/mol. The Hall–Kier alpha value is -3.37. The average Bonchev–Trinajstić information content (AvgIpc) is 3.42. The molecule has 0 bridgehead atoms. The molecule has 4 rings (SSSR count). The lowest BCUT2D eigenvalue weighted by molar-refractivity contribution is 0.129. The van der Waals surface area contributed by atoms with Crippen LogP contribution in [0.3, 0.4) is 0 Å². The summed E-state index contributed by atoms with van der Waals surface area (Å²) in [7, 11) is -3.31. The van der Waals surface area contributed by atoms with E-state index in [4.69, 9.17) is 14.2 Å². The number of ether oxygens (including phenoxy) is 3. The second-order valence-corrected chi connectivity index (χ2v) is 9.86. The fraction of sp³-hybridized carbons (Fsp3) is 0.304. The molecule has 2 aromatic heterocycles. The SMILES string of the molecule is C[C@H]1CN=C(c2ccc(-c3cc(O[C@@H](C)CO)cc(Oc4ccc(S(C)(=O)=O)cc4)n3)[nH]2)O1. The third-order valence-corrected chi connectivity index (χ3v) is 5.97. The largest absolute Gasteiger partial charge is 0.488 e. The van der Waals surface area contributed by atoms with Crippen LogP contribution < -0.4 is 9.47 Å². The molecule has 10 heteroatoms. The number of hydrogen-bond acceptors (Lipinski definition) is 8. The molecule has 0 radical (unpaired) electrons. The van der Waals surface area contributed by atoms with Crippen molar-refractivity contribution in [1.82, 2.24) is 9.97 Å². The first-order valence-electron chi connectivity index (χ1n) is 10.4. The van der Waals surface area contributed by atoms with E-state index in [2.05, 4.69) is 15.0 Å². The number of aromatic nitrogens is 2. The van der Waals surface area contributed by atoms with Gasteiger partial charge in [0.15, 0.2) is 9.84 Å². The van der Waals surface area contributed by atoms with Crippen LogP contribution in [0.25, 0.3) is 11.4 Å². The molecular formula is C23H25N3O6S. The molecule has 0 aliphatic carbocycles. The fourth-order valence-corrected chi connectivity index (χ4v) is 3.81. The fourth-order valence-electron chi connectivity index (χ4n) is 3.18. The van der Waals surface area contributed by atoms with Crippen molar-refractivity contribution in [1.29, 1.82) is 0 Å². The highest BCUT2D eigenvalue weighted by atomic mass is 32.2. The van der Waals surface area contributed by atoms with Crippen LogP contribution in [0.5, 0.6) is 17.4 Å². The highest BCUT2D eigenvalue weighted by Gasteiger charge is 2.19. The van der Waals surface area contributed by atoms with E-state index < -0.39 is 15.9 Å². The number of aromatic amines is 1. The standard InChI is InChI=1S/C23H25N3O6S/c1-14-12-24-23(31-14)20-9-8-19(25-20)21-10-17(30-15(2)13-27)11-22(26-21)32-16-4-6-18(7-5-16)33(3,28)29/h4-11,14-15,25,27H,12-13H2,1-3H3/t14-,15-/m0/s1. The van der Waals surface area contributed by atoms with Crippen LogP contribution in [-0.2, 0) is 14.6 Å². The topological polar surface area (TPSA) is 123 Å². The number of aliphatic imine (C=N–C) groups is 1. The smallest absolute Gasteiger partial charge is 0.233 e. The summed E-state index contributed by atoms with van der Waals surface area (Å²) in [6, 6.07) is 13.1. The minimum absolute atomic E-state index is 0.0376. The van der Waals surface area contributed by atoms with Gasteiger partial charge < -0.3 is 24.3 Å². The van der Waals surface area contributed by atoms with Gasteiger partial charge in [-0.1, -0.05) is 0 Å². The van der Waals surface area contributed by atoms with E-state index in [1.807, 2.05) is 19.1 Å². The van der Waals surface area contributed by atoms with Crippen LogP contribution in [0.4, 0.5) is 0 Å². The van der Waals surface area contributed by atoms with Crippen molar-refractivity contribution in [2.24, 2.45) is 4.99 Å². The zero-order valence-corrected chi connectivity index (χ0v) is 19.3. The quantitative estimate of drug-likeness (QED) is 0.517. The van der Waals surface area contributed by atoms with Crippen LogP contribution in [-0.4, -0.2) is 61.0 Å². The Morgan fingerprint density at radius 3 is 2.52 bits per heavy atom. The summed E-state index contributed by atoms with van der Waals surface area (Å²) in [6.45, 7) is 4.16. The van der Waals surface area contributed by atoms with Crippen molar-refractivity contribution in [2.75, 3.05) is 19.4 Å². The lowest BCUT2D eigenvalue weighted by Crippen LogP contribution is -2.16. The summed E-state index contributed by atoms with van der Waals surface area (Å²) in [5, 5.41) is 9.37. The summed E-state index contributed by atoms with van der Waals surface area (Å²) in [5.74, 6) is 1.68. The third-order valence-electron chi connectivity index (χ3n) is 4.84. The van der Waals surface area contributed by atoms with Crippen LogP contribution >= 0.6 is 0 Å². The van der Waals surface area contributed by atoms with Crippen molar-refractivity contribution in [3.05, 3.63) is 54.2 Å². The first-order chi connectivity index (χ1) is 15.7. The molecule has 0 unspecified atom stereocenters. The molecule has 1 aliphatic heterocycles. The van der Waals surface area contributed by atoms with E-state index >= 15 is 0 Å². The van der Waals surface area contributed by atoms with Gasteiger partial charge in [-0.25, -0.2) is 18.4 Å². The van der Waals surface area contributed by atoms with Gasteiger partial charge in [0, 0.05) is 18.4 Å². The molecule has 0 fully saturated rings. The number of nitrogens with zero attached hydrogens (tertiary/aromatic N) is 2. The van der Waals surface area contributed by atoms with Crippen LogP contribution in [0, 0.1) is 0 Å². The minimum atomic E-state index is -3.31. The van der Waals surface area contributed by atoms with Gasteiger partial charge in [-0.2, -0.15) is 0 Å². The first kappa shape index (κ1) is 22.8. The van der Waals surface area contributed by atoms with E-state index in [0.29, 0.717) is 35.3 Å². The molecular weight excluding hydrogens is 446 g/mol. The molecule has 1 aliphatic rings. The number of benzene rings is 1. The Bertz CT molecular complexity index is 1270. The van der Waals surface area contributed by atoms with Gasteiger partial charge >= 0.3 is 0 Å². The molecule has 2 atom stereocenters. The molecule has 174 valence electrons. The Kier molecular flexibility index (Phi) is 6.39. The molecule has 9 nitrogen and oxygen atoms in total. The molecule has 0 saturated heterocycles. The van der Waals surface area contributed by atoms with Gasteiger partial charge in [0.25, 0.3) is 0 Å². The molecule has 33 heavy (non-hydrogen) atoms. The summed E-state index contributed by atoms with van der Waals surface area (Å²) in [6.07, 6.45) is 0.757. The lowest BCUT2D eigenvalue weighted by atomic mass is 10.2. The van der Waals surface area contributed by atoms with E-state index in [9.17, 15) is 13.5 Å². The van der Waals surface area contributed by atoms with Gasteiger partial charge in [0.05, 0.1) is 29.4 Å². The number of H-pyrrole nitrogens is 1. The second-order valence-electron chi connectivity index (χ2n) is 7.84. The van der Waals surface area contributed by atoms with Gasteiger partial charge in [-0.3, -0.25) is 0 Å². The molecule has 0 saturated carbocycles. The van der Waals surface area contributed by atoms with Gasteiger partial charge in [0.1, 0.15) is 29.4 Å². The maximum atomic E-state index is 11.7. The number of aliphatic hydroxyl groups is 1. The second kappa shape index (κ2) is 9.24. The van der Waals surface area contributed by atoms with Gasteiger partial charge in [-0.05, 0) is 50.2 Å². The molecule has 2 N–H and O–H groups in total. The van der Waals surface area contributed by atoms with E-state index in [1.165, 1.54) is 12.1 Å². The normalized spacial score (nSPS) is 16.7. The Balaban J connectivity index is 1.64. The Morgan fingerprint density at radius 1 is 1.15 bits per heavy atom. The van der Waals surface area contributed by atoms with Crippen LogP contribution in [0.1, 0.15) is 19.5 Å². The highest BCUT2D eigenvalue weighted by Crippen LogP contribution is 2.30. The van der Waals surface area contributed by atoms with Crippen molar-refractivity contribution < 1.29 is 27.7 Å². The van der Waals surface area contributed by atoms with E-state index in [-0.39, 0.29) is 23.5 Å². The van der Waals surface area contributed by atoms with Crippen LogP contribution in [0.2, 0.25) is 0 Å². The number of aliphatic hydroxyl groups excluding tert-OH is 1. The number of hydrogen-bond donors (Lipinski definition) is 2. The van der Waals surface area contributed by atoms with Crippen molar-refractivity contribution >= 4 is 15.7 Å². The highest BCUT2D eigenvalue weighted by molar-refractivity contribution is 7.90. The predicted molar refractivity (Wildman–Crippen MR) is 123 cm³/mol. The number of pyridine rings is 1. The molecule has 0 spiro atoms. The van der Waals surface area contributed by atoms with Crippen LogP contribution in [0.15, 0.2) is 58.4 Å². The Morgan fingerprint density at radius 2 is 1.88 bits per heavy atom. The van der Waals surface area contributed by atoms with Gasteiger partial charge in [0.2, 0.25) is 11.8 Å². The van der Waals surface area contributed by atoms with E-state index in [1.54, 1.807) is 31.2 Å². The van der Waals surface area contributed by atoms with E-state index in [0.717, 1.165) is 11.9 Å². The summed E-state index contributed by atoms with van der Waals surface area (Å²) >= 11 is 0. The third kappa shape index (κ3) is 5.52. The van der Waals surface area contributed by atoms with Crippen molar-refractivity contribution in [3.63, 3.8) is 0 Å². The maximum absolute atomic E-state index is 11.7. The molecule has 0 amide bonds. The summed E-state index contributed by atoms with van der Waals surface area (Å²) in [5.41, 5.74) is 2.00. The van der Waals surface area contributed by atoms with Gasteiger partial charge in [-0.15, -0.1) is 0 Å². The zero-order chi connectivity index (χ0) is 23.6. The molecule has 3 aromatic rings. The van der Waals surface area contributed by atoms with Crippen molar-refractivity contribution in [2.45, 2.75) is 31.0 Å². The number of sulfone groups is 1. The minimum Gasteiger partial charge on any atom is -0.488 e. The molecule has 3 heterocycles. The maximum Gasteiger partial charge on any atom is 0.233 e. The summed E-state index contributed by atoms with van der Waals surface area (Å²) in [4.78, 5) is 12.4. The predicted octanol–water partition coefficient (Wildman–Crippen LogP) is 3.20. The molecule has 1 aromatic carbocycles. The Labute approximate surface area is 192 Å². The number of rotatable bonds is 8. The first-order valence-corrected chi connectivity index (χ1v) is 12.3. The summed E-state index contributed by atoms with van der Waals surface area (Å²) < 4.78 is 40.7. The number of nitrogens with one attached hydrogen (secondary N) is 1. The zero-order valence-electron chi connectivity index (χ0n) is 18.5.